The monoisotopic (exact) mass is 477 g/mol. The fraction of sp³-hybridized carbons (Fsp3) is 0.474. The lowest BCUT2D eigenvalue weighted by atomic mass is 10.0. The second-order valence-electron chi connectivity index (χ2n) is 8.21. The van der Waals surface area contributed by atoms with E-state index in [4.69, 9.17) is 4.74 Å². The minimum atomic E-state index is -1.20. The topological polar surface area (TPSA) is 109 Å². The lowest BCUT2D eigenvalue weighted by Crippen LogP contribution is -2.38. The third-order valence-electron chi connectivity index (χ3n) is 5.76. The molecule has 5 rings (SSSR count). The first-order valence-electron chi connectivity index (χ1n) is 9.84. The van der Waals surface area contributed by atoms with Gasteiger partial charge in [-0.1, -0.05) is 0 Å². The van der Waals surface area contributed by atoms with Gasteiger partial charge in [0, 0.05) is 23.2 Å². The fourth-order valence-corrected chi connectivity index (χ4v) is 4.15. The van der Waals surface area contributed by atoms with Crippen molar-refractivity contribution in [3.05, 3.63) is 34.8 Å². The van der Waals surface area contributed by atoms with Crippen molar-refractivity contribution in [2.45, 2.75) is 56.3 Å². The van der Waals surface area contributed by atoms with Crippen LogP contribution in [0.25, 0.3) is 5.52 Å². The van der Waals surface area contributed by atoms with Gasteiger partial charge in [-0.3, -0.25) is 5.10 Å². The quantitative estimate of drug-likeness (QED) is 0.515. The van der Waals surface area contributed by atoms with Crippen LogP contribution in [0, 0.1) is 0 Å². The SMILES string of the molecule is CC1(NC(=O)O[C@H]2C[C@@H](c3cc(Nc4ncc(Br)n5nccc45)n[nH]3)C[C@H]2F)CC1. The van der Waals surface area contributed by atoms with Gasteiger partial charge in [0.15, 0.2) is 11.6 Å². The summed E-state index contributed by atoms with van der Waals surface area (Å²) in [5.41, 5.74) is 1.40. The van der Waals surface area contributed by atoms with Crippen LogP contribution in [0.15, 0.2) is 29.1 Å². The molecule has 2 aliphatic carbocycles. The number of carbonyl (C=O) groups is 1. The maximum Gasteiger partial charge on any atom is 0.407 e. The number of aromatic amines is 1. The van der Waals surface area contributed by atoms with E-state index in [0.29, 0.717) is 18.1 Å². The average Bonchev–Trinajstić information content (AvgIpc) is 3.14. The molecule has 0 radical (unpaired) electrons. The molecule has 158 valence electrons. The number of alkyl halides is 1. The molecule has 30 heavy (non-hydrogen) atoms. The predicted molar refractivity (Wildman–Crippen MR) is 110 cm³/mol. The number of hydrogen-bond acceptors (Lipinski definition) is 6. The number of anilines is 2. The van der Waals surface area contributed by atoms with E-state index in [1.807, 2.05) is 19.1 Å². The van der Waals surface area contributed by atoms with Gasteiger partial charge < -0.3 is 15.4 Å². The molecule has 0 saturated heterocycles. The number of H-pyrrole nitrogens is 1. The number of carbonyl (C=O) groups excluding carboxylic acids is 1. The first-order valence-corrected chi connectivity index (χ1v) is 10.6. The van der Waals surface area contributed by atoms with Gasteiger partial charge in [-0.2, -0.15) is 10.2 Å². The minimum Gasteiger partial charge on any atom is -0.443 e. The van der Waals surface area contributed by atoms with Crippen LogP contribution in [-0.2, 0) is 4.74 Å². The van der Waals surface area contributed by atoms with Crippen molar-refractivity contribution in [1.82, 2.24) is 30.1 Å². The molecule has 0 spiro atoms. The Kier molecular flexibility index (Phi) is 4.64. The molecular weight excluding hydrogens is 457 g/mol. The molecule has 3 N–H and O–H groups in total. The third kappa shape index (κ3) is 3.73. The first-order chi connectivity index (χ1) is 14.4. The summed E-state index contributed by atoms with van der Waals surface area (Å²) in [6.07, 6.45) is 3.38. The largest absolute Gasteiger partial charge is 0.443 e. The third-order valence-corrected chi connectivity index (χ3v) is 6.30. The van der Waals surface area contributed by atoms with E-state index < -0.39 is 18.4 Å². The summed E-state index contributed by atoms with van der Waals surface area (Å²) in [6, 6.07) is 3.68. The number of alkyl carbamates (subject to hydrolysis) is 1. The summed E-state index contributed by atoms with van der Waals surface area (Å²) >= 11 is 3.40. The van der Waals surface area contributed by atoms with Crippen molar-refractivity contribution >= 4 is 39.2 Å². The molecule has 3 heterocycles. The van der Waals surface area contributed by atoms with Crippen molar-refractivity contribution in [2.24, 2.45) is 0 Å². The van der Waals surface area contributed by atoms with E-state index in [2.05, 4.69) is 46.8 Å². The summed E-state index contributed by atoms with van der Waals surface area (Å²) in [4.78, 5) is 16.4. The van der Waals surface area contributed by atoms with E-state index in [1.165, 1.54) is 0 Å². The Morgan fingerprint density at radius 1 is 1.43 bits per heavy atom. The number of ether oxygens (including phenoxy) is 1. The summed E-state index contributed by atoms with van der Waals surface area (Å²) in [5, 5.41) is 17.4. The Bertz CT molecular complexity index is 1100. The second kappa shape index (κ2) is 7.22. The van der Waals surface area contributed by atoms with E-state index >= 15 is 0 Å². The van der Waals surface area contributed by atoms with E-state index in [1.54, 1.807) is 16.9 Å². The van der Waals surface area contributed by atoms with Gasteiger partial charge in [-0.25, -0.2) is 18.7 Å². The Labute approximate surface area is 179 Å². The van der Waals surface area contributed by atoms with Crippen molar-refractivity contribution in [2.75, 3.05) is 5.32 Å². The minimum absolute atomic E-state index is 0.106. The highest BCUT2D eigenvalue weighted by Gasteiger charge is 2.42. The van der Waals surface area contributed by atoms with Crippen LogP contribution in [0.4, 0.5) is 20.8 Å². The van der Waals surface area contributed by atoms with Crippen molar-refractivity contribution in [1.29, 1.82) is 0 Å². The zero-order valence-corrected chi connectivity index (χ0v) is 17.8. The summed E-state index contributed by atoms with van der Waals surface area (Å²) < 4.78 is 22.3. The molecule has 1 amide bonds. The molecule has 0 unspecified atom stereocenters. The van der Waals surface area contributed by atoms with Gasteiger partial charge in [0.2, 0.25) is 0 Å². The van der Waals surface area contributed by atoms with Crippen LogP contribution in [0.5, 0.6) is 0 Å². The second-order valence-corrected chi connectivity index (χ2v) is 9.02. The zero-order chi connectivity index (χ0) is 20.9. The number of nitrogens with zero attached hydrogens (tertiary/aromatic N) is 4. The lowest BCUT2D eigenvalue weighted by molar-refractivity contribution is 0.0583. The van der Waals surface area contributed by atoms with Crippen molar-refractivity contribution < 1.29 is 13.9 Å². The molecule has 9 nitrogen and oxygen atoms in total. The molecule has 3 aromatic heterocycles. The van der Waals surface area contributed by atoms with Crippen LogP contribution in [0.3, 0.4) is 0 Å². The van der Waals surface area contributed by atoms with E-state index in [9.17, 15) is 9.18 Å². The molecule has 3 atom stereocenters. The van der Waals surface area contributed by atoms with Crippen LogP contribution < -0.4 is 10.6 Å². The molecule has 0 aliphatic heterocycles. The Morgan fingerprint density at radius 2 is 2.27 bits per heavy atom. The number of fused-ring (bicyclic) bond motifs is 1. The highest BCUT2D eigenvalue weighted by molar-refractivity contribution is 9.10. The molecule has 0 bridgehead atoms. The van der Waals surface area contributed by atoms with E-state index in [0.717, 1.165) is 28.7 Å². The maximum absolute atomic E-state index is 14.5. The Hall–Kier alpha value is -2.69. The summed E-state index contributed by atoms with van der Waals surface area (Å²) in [7, 11) is 0. The number of halogens is 2. The number of nitrogens with one attached hydrogen (secondary N) is 3. The molecule has 2 fully saturated rings. The molecular formula is C19H21BrFN7O2. The lowest BCUT2D eigenvalue weighted by Gasteiger charge is -2.17. The molecule has 0 aromatic carbocycles. The van der Waals surface area contributed by atoms with Gasteiger partial charge in [-0.15, -0.1) is 0 Å². The number of rotatable bonds is 5. The van der Waals surface area contributed by atoms with Crippen molar-refractivity contribution in [3.63, 3.8) is 0 Å². The zero-order valence-electron chi connectivity index (χ0n) is 16.2. The Balaban J connectivity index is 1.24. The molecule has 2 aliphatic rings. The number of hydrogen-bond donors (Lipinski definition) is 3. The molecule has 2 saturated carbocycles. The van der Waals surface area contributed by atoms with Gasteiger partial charge in [-0.05, 0) is 54.6 Å². The maximum atomic E-state index is 14.5. The highest BCUT2D eigenvalue weighted by atomic mass is 79.9. The van der Waals surface area contributed by atoms with Crippen LogP contribution in [-0.4, -0.2) is 48.7 Å². The highest BCUT2D eigenvalue weighted by Crippen LogP contribution is 2.39. The summed E-state index contributed by atoms with van der Waals surface area (Å²) in [6.45, 7) is 1.95. The van der Waals surface area contributed by atoms with Gasteiger partial charge >= 0.3 is 6.09 Å². The normalized spacial score (nSPS) is 24.7. The fourth-order valence-electron chi connectivity index (χ4n) is 3.77. The number of amides is 1. The standard InChI is InChI=1S/C19H21BrFN7O2/c1-19(3-4-19)25-18(29)30-14-7-10(6-11(14)21)12-8-16(27-26-12)24-17-13-2-5-23-28(13)15(20)9-22-17/h2,5,8-11,14H,3-4,6-7H2,1H3,(H,25,29)(H2,22,24,26,27)/t10-,11+,14-/m0/s1. The predicted octanol–water partition coefficient (Wildman–Crippen LogP) is 3.82. The summed E-state index contributed by atoms with van der Waals surface area (Å²) in [5.74, 6) is 1.07. The first kappa shape index (κ1) is 19.3. The van der Waals surface area contributed by atoms with Crippen LogP contribution >= 0.6 is 15.9 Å². The van der Waals surface area contributed by atoms with Gasteiger partial charge in [0.25, 0.3) is 0 Å². The molecule has 3 aromatic rings. The average molecular weight is 478 g/mol. The van der Waals surface area contributed by atoms with Gasteiger partial charge in [0.1, 0.15) is 22.4 Å². The van der Waals surface area contributed by atoms with Crippen LogP contribution in [0.2, 0.25) is 0 Å². The molecule has 11 heteroatoms. The number of aromatic nitrogens is 5. The van der Waals surface area contributed by atoms with E-state index in [-0.39, 0.29) is 17.9 Å². The van der Waals surface area contributed by atoms with Gasteiger partial charge in [0.05, 0.1) is 12.4 Å². The smallest absolute Gasteiger partial charge is 0.407 e. The Morgan fingerprint density at radius 3 is 3.07 bits per heavy atom. The van der Waals surface area contributed by atoms with Crippen molar-refractivity contribution in [3.8, 4) is 0 Å². The van der Waals surface area contributed by atoms with Crippen LogP contribution in [0.1, 0.15) is 44.2 Å².